The molecule has 0 amide bonds. The number of halogens is 1. The summed E-state index contributed by atoms with van der Waals surface area (Å²) < 4.78 is 40.0. The van der Waals surface area contributed by atoms with Crippen LogP contribution in [0.15, 0.2) is 47.6 Å². The zero-order chi connectivity index (χ0) is 21.5. The van der Waals surface area contributed by atoms with E-state index in [-0.39, 0.29) is 16.7 Å². The molecule has 10 heteroatoms. The Morgan fingerprint density at radius 1 is 1.27 bits per heavy atom. The minimum atomic E-state index is -3.45. The predicted molar refractivity (Wildman–Crippen MR) is 112 cm³/mol. The number of H-pyrrole nitrogens is 1. The maximum atomic E-state index is 13.1. The van der Waals surface area contributed by atoms with Crippen LogP contribution in [0.2, 0.25) is 0 Å². The highest BCUT2D eigenvalue weighted by atomic mass is 32.2. The summed E-state index contributed by atoms with van der Waals surface area (Å²) in [6.07, 6.45) is 2.72. The monoisotopic (exact) mass is 428 g/mol. The van der Waals surface area contributed by atoms with E-state index in [1.807, 2.05) is 19.9 Å². The van der Waals surface area contributed by atoms with Crippen molar-refractivity contribution in [3.05, 3.63) is 59.9 Å². The minimum Gasteiger partial charge on any atom is -0.362 e. The van der Waals surface area contributed by atoms with E-state index in [2.05, 4.69) is 25.5 Å². The first-order valence-corrected chi connectivity index (χ1v) is 11.1. The van der Waals surface area contributed by atoms with E-state index in [9.17, 15) is 12.8 Å². The van der Waals surface area contributed by atoms with Crippen molar-refractivity contribution in [1.82, 2.24) is 24.7 Å². The Morgan fingerprint density at radius 3 is 2.70 bits per heavy atom. The molecule has 0 radical (unpaired) electrons. The van der Waals surface area contributed by atoms with Crippen molar-refractivity contribution in [2.75, 3.05) is 11.1 Å². The molecule has 0 aliphatic rings. The number of nitrogens with zero attached hydrogens (tertiary/aromatic N) is 4. The van der Waals surface area contributed by atoms with Gasteiger partial charge in [0, 0.05) is 23.3 Å². The molecular formula is C20H21FN6O2S. The van der Waals surface area contributed by atoms with Crippen LogP contribution in [0.1, 0.15) is 31.3 Å². The molecule has 4 heterocycles. The number of rotatable bonds is 6. The highest BCUT2D eigenvalue weighted by Gasteiger charge is 2.22. The van der Waals surface area contributed by atoms with Crippen molar-refractivity contribution in [2.45, 2.75) is 31.7 Å². The average Bonchev–Trinajstić information content (AvgIpc) is 3.32. The molecular weight excluding hydrogens is 407 g/mol. The van der Waals surface area contributed by atoms with Gasteiger partial charge >= 0.3 is 0 Å². The summed E-state index contributed by atoms with van der Waals surface area (Å²) in [6.45, 7) is 5.36. The first-order chi connectivity index (χ1) is 14.3. The molecule has 1 atom stereocenters. The van der Waals surface area contributed by atoms with Crippen molar-refractivity contribution in [1.29, 1.82) is 0 Å². The third kappa shape index (κ3) is 3.65. The number of anilines is 1. The fraction of sp³-hybridized carbons (Fsp3) is 0.250. The molecule has 0 aliphatic heterocycles. The minimum absolute atomic E-state index is 0.0149. The van der Waals surface area contributed by atoms with Crippen LogP contribution >= 0.6 is 0 Å². The topological polar surface area (TPSA) is 106 Å². The Labute approximate surface area is 173 Å². The van der Waals surface area contributed by atoms with Gasteiger partial charge in [-0.15, -0.1) is 0 Å². The van der Waals surface area contributed by atoms with Crippen molar-refractivity contribution in [2.24, 2.45) is 0 Å². The molecule has 0 unspecified atom stereocenters. The van der Waals surface area contributed by atoms with Crippen LogP contribution in [0.25, 0.3) is 16.9 Å². The number of aromatic amines is 1. The quantitative estimate of drug-likeness (QED) is 0.486. The van der Waals surface area contributed by atoms with Crippen LogP contribution in [-0.2, 0) is 9.84 Å². The van der Waals surface area contributed by atoms with Crippen molar-refractivity contribution in [3.63, 3.8) is 0 Å². The van der Waals surface area contributed by atoms with Crippen LogP contribution in [0.3, 0.4) is 0 Å². The Morgan fingerprint density at radius 2 is 2.07 bits per heavy atom. The van der Waals surface area contributed by atoms with E-state index in [0.717, 1.165) is 11.9 Å². The maximum Gasteiger partial charge on any atom is 0.180 e. The molecule has 2 N–H and O–H groups in total. The lowest BCUT2D eigenvalue weighted by Gasteiger charge is -2.14. The van der Waals surface area contributed by atoms with Crippen LogP contribution in [-0.4, -0.2) is 38.9 Å². The number of sulfone groups is 1. The summed E-state index contributed by atoms with van der Waals surface area (Å²) in [7, 11) is -3.45. The van der Waals surface area contributed by atoms with E-state index < -0.39 is 15.7 Å². The molecule has 4 rings (SSSR count). The van der Waals surface area contributed by atoms with Gasteiger partial charge in [-0.3, -0.25) is 14.6 Å². The largest absolute Gasteiger partial charge is 0.362 e. The van der Waals surface area contributed by atoms with E-state index in [1.54, 1.807) is 35.9 Å². The lowest BCUT2D eigenvalue weighted by Crippen LogP contribution is -2.10. The number of hydrogen-bond donors (Lipinski definition) is 2. The van der Waals surface area contributed by atoms with Crippen LogP contribution in [0.4, 0.5) is 10.2 Å². The van der Waals surface area contributed by atoms with Gasteiger partial charge in [-0.05, 0) is 38.1 Å². The second-order valence-corrected chi connectivity index (χ2v) is 9.26. The van der Waals surface area contributed by atoms with Gasteiger partial charge in [0.1, 0.15) is 17.3 Å². The fourth-order valence-electron chi connectivity index (χ4n) is 3.20. The predicted octanol–water partition coefficient (Wildman–Crippen LogP) is 3.56. The zero-order valence-electron chi connectivity index (χ0n) is 16.7. The van der Waals surface area contributed by atoms with Gasteiger partial charge in [0.25, 0.3) is 0 Å². The summed E-state index contributed by atoms with van der Waals surface area (Å²) in [5, 5.41) is 10.9. The van der Waals surface area contributed by atoms with Crippen molar-refractivity contribution >= 4 is 26.7 Å². The lowest BCUT2D eigenvalue weighted by molar-refractivity contribution is 0.598. The van der Waals surface area contributed by atoms with E-state index in [1.165, 1.54) is 6.07 Å². The first kappa shape index (κ1) is 20.0. The van der Waals surface area contributed by atoms with Gasteiger partial charge in [0.2, 0.25) is 0 Å². The Bertz CT molecular complexity index is 1310. The lowest BCUT2D eigenvalue weighted by atomic mass is 10.2. The van der Waals surface area contributed by atoms with Gasteiger partial charge < -0.3 is 5.32 Å². The van der Waals surface area contributed by atoms with E-state index in [4.69, 9.17) is 0 Å². The molecule has 0 bridgehead atoms. The third-order valence-corrected chi connectivity index (χ3v) is 6.58. The molecule has 156 valence electrons. The highest BCUT2D eigenvalue weighted by molar-refractivity contribution is 7.91. The van der Waals surface area contributed by atoms with Crippen LogP contribution in [0.5, 0.6) is 0 Å². The molecule has 8 nitrogen and oxygen atoms in total. The van der Waals surface area contributed by atoms with Gasteiger partial charge in [-0.2, -0.15) is 5.10 Å². The summed E-state index contributed by atoms with van der Waals surface area (Å²) in [5.74, 6) is 0.669. The Kier molecular flexibility index (Phi) is 5.02. The number of hydrogen-bond acceptors (Lipinski definition) is 6. The molecule has 0 saturated heterocycles. The normalized spacial score (nSPS) is 12.9. The molecule has 4 aromatic heterocycles. The second kappa shape index (κ2) is 7.52. The first-order valence-electron chi connectivity index (χ1n) is 9.43. The van der Waals surface area contributed by atoms with Crippen molar-refractivity contribution in [3.8, 4) is 5.82 Å². The van der Waals surface area contributed by atoms with Crippen LogP contribution in [0, 0.1) is 12.7 Å². The van der Waals surface area contributed by atoms with Gasteiger partial charge in [0.05, 0.1) is 28.6 Å². The van der Waals surface area contributed by atoms with Gasteiger partial charge in [-0.1, -0.05) is 6.92 Å². The van der Waals surface area contributed by atoms with Crippen molar-refractivity contribution < 1.29 is 12.8 Å². The number of aryl methyl sites for hydroxylation is 1. The van der Waals surface area contributed by atoms with Crippen LogP contribution < -0.4 is 5.32 Å². The Balaban J connectivity index is 1.79. The maximum absolute atomic E-state index is 13.1. The second-order valence-electron chi connectivity index (χ2n) is 7.01. The molecule has 0 saturated carbocycles. The molecule has 4 aromatic rings. The number of nitrogens with one attached hydrogen (secondary N) is 2. The summed E-state index contributed by atoms with van der Waals surface area (Å²) in [5.41, 5.74) is 1.97. The number of aromatic nitrogens is 5. The summed E-state index contributed by atoms with van der Waals surface area (Å²) in [4.78, 5) is 8.95. The molecule has 0 spiro atoms. The third-order valence-electron chi connectivity index (χ3n) is 4.83. The van der Waals surface area contributed by atoms with E-state index >= 15 is 0 Å². The SMILES string of the molecule is CCS(=O)(=O)c1cn(-c2cc(C)[nH]n2)c2nc(N[C@@H](C)c3ccc(F)cn3)ccc12. The van der Waals surface area contributed by atoms with E-state index in [0.29, 0.717) is 28.4 Å². The fourth-order valence-corrected chi connectivity index (χ4v) is 4.27. The standard InChI is InChI=1S/C20H21FN6O2S/c1-4-30(28,29)17-11-27(19-9-12(2)25-26-19)20-15(17)6-8-18(24-20)23-13(3)16-7-5-14(21)10-22-16/h5-11,13H,4H2,1-3H3,(H,23,24)(H,25,26)/t13-/m0/s1. The average molecular weight is 428 g/mol. The van der Waals surface area contributed by atoms with Gasteiger partial charge in [0.15, 0.2) is 15.7 Å². The highest BCUT2D eigenvalue weighted by Crippen LogP contribution is 2.29. The zero-order valence-corrected chi connectivity index (χ0v) is 17.5. The molecule has 0 fully saturated rings. The smallest absolute Gasteiger partial charge is 0.180 e. The summed E-state index contributed by atoms with van der Waals surface area (Å²) >= 11 is 0. The number of fused-ring (bicyclic) bond motifs is 1. The summed E-state index contributed by atoms with van der Waals surface area (Å²) in [6, 6.07) is 7.99. The molecule has 0 aliphatic carbocycles. The Hall–Kier alpha value is -3.27. The molecule has 0 aromatic carbocycles. The number of pyridine rings is 2. The van der Waals surface area contributed by atoms with Gasteiger partial charge in [-0.25, -0.2) is 17.8 Å². The molecule has 30 heavy (non-hydrogen) atoms.